The Hall–Kier alpha value is -2.77. The molecular weight excluding hydrogens is 437 g/mol. The summed E-state index contributed by atoms with van der Waals surface area (Å²) in [5.74, 6) is -0.346. The van der Waals surface area contributed by atoms with E-state index in [0.29, 0.717) is 12.3 Å². The minimum atomic E-state index is -0.730. The van der Waals surface area contributed by atoms with Crippen molar-refractivity contribution in [2.24, 2.45) is 0 Å². The Morgan fingerprint density at radius 2 is 2.03 bits per heavy atom. The van der Waals surface area contributed by atoms with Crippen LogP contribution in [0.2, 0.25) is 5.02 Å². The van der Waals surface area contributed by atoms with Crippen molar-refractivity contribution in [2.75, 3.05) is 19.0 Å². The van der Waals surface area contributed by atoms with Crippen molar-refractivity contribution in [1.29, 1.82) is 0 Å². The lowest BCUT2D eigenvalue weighted by atomic mass is 9.98. The number of hydrogen-bond acceptors (Lipinski definition) is 5. The predicted octanol–water partition coefficient (Wildman–Crippen LogP) is 5.57. The summed E-state index contributed by atoms with van der Waals surface area (Å²) >= 11 is 7.90. The van der Waals surface area contributed by atoms with Gasteiger partial charge in [0.25, 0.3) is 5.91 Å². The largest absolute Gasteiger partial charge is 0.482 e. The highest BCUT2D eigenvalue weighted by atomic mass is 35.5. The SMILES string of the molecule is CSc1ccc2c(c1)-c1cnc(N)c(c1)OC(C)c1c(ccc(F)c1Cl)C(=O)N(C)C2. The summed E-state index contributed by atoms with van der Waals surface area (Å²) in [5.41, 5.74) is 9.32. The van der Waals surface area contributed by atoms with Gasteiger partial charge in [0.2, 0.25) is 0 Å². The molecule has 0 fully saturated rings. The normalized spacial score (nSPS) is 16.0. The minimum absolute atomic E-state index is 0.142. The number of hydrogen-bond donors (Lipinski definition) is 1. The number of carbonyl (C=O) groups is 1. The molecule has 2 aromatic carbocycles. The van der Waals surface area contributed by atoms with Crippen molar-refractivity contribution in [1.82, 2.24) is 9.88 Å². The van der Waals surface area contributed by atoms with Gasteiger partial charge in [-0.1, -0.05) is 17.7 Å². The standard InChI is InChI=1S/C23H21ClFN3O2S/c1-12-20-16(6-7-18(25)21(20)24)23(29)28(2)11-13-4-5-15(31-3)9-17(13)14-8-19(30-12)22(26)27-10-14/h4-10,12H,11H2,1-3H3,(H2,26,27). The number of aromatic nitrogens is 1. The summed E-state index contributed by atoms with van der Waals surface area (Å²) < 4.78 is 20.3. The number of benzene rings is 2. The van der Waals surface area contributed by atoms with E-state index in [9.17, 15) is 9.18 Å². The molecule has 2 bridgehead atoms. The van der Waals surface area contributed by atoms with E-state index in [1.165, 1.54) is 12.1 Å². The molecule has 1 aromatic heterocycles. The Bertz CT molecular complexity index is 1190. The third kappa shape index (κ3) is 3.95. The summed E-state index contributed by atoms with van der Waals surface area (Å²) in [7, 11) is 1.71. The second-order valence-corrected chi connectivity index (χ2v) is 8.63. The first-order valence-electron chi connectivity index (χ1n) is 9.63. The molecule has 0 saturated heterocycles. The maximum absolute atomic E-state index is 14.3. The van der Waals surface area contributed by atoms with Gasteiger partial charge in [-0.15, -0.1) is 11.8 Å². The molecule has 5 nitrogen and oxygen atoms in total. The molecular formula is C23H21ClFN3O2S. The molecule has 2 heterocycles. The van der Waals surface area contributed by atoms with E-state index in [0.717, 1.165) is 21.6 Å². The lowest BCUT2D eigenvalue weighted by Gasteiger charge is -2.26. The fourth-order valence-electron chi connectivity index (χ4n) is 3.72. The zero-order valence-electron chi connectivity index (χ0n) is 17.3. The number of halogens is 2. The van der Waals surface area contributed by atoms with Crippen LogP contribution in [-0.4, -0.2) is 29.1 Å². The third-order valence-corrected chi connectivity index (χ3v) is 6.45. The van der Waals surface area contributed by atoms with Gasteiger partial charge in [-0.2, -0.15) is 0 Å². The molecule has 2 N–H and O–H groups in total. The first kappa shape index (κ1) is 21.5. The van der Waals surface area contributed by atoms with Gasteiger partial charge >= 0.3 is 0 Å². The smallest absolute Gasteiger partial charge is 0.254 e. The molecule has 160 valence electrons. The quantitative estimate of drug-likeness (QED) is 0.484. The zero-order valence-corrected chi connectivity index (χ0v) is 18.9. The number of pyridine rings is 1. The predicted molar refractivity (Wildman–Crippen MR) is 122 cm³/mol. The Labute approximate surface area is 189 Å². The van der Waals surface area contributed by atoms with E-state index in [1.807, 2.05) is 24.5 Å². The molecule has 1 aliphatic rings. The van der Waals surface area contributed by atoms with Gasteiger partial charge in [-0.25, -0.2) is 9.37 Å². The van der Waals surface area contributed by atoms with Crippen molar-refractivity contribution in [2.45, 2.75) is 24.5 Å². The van der Waals surface area contributed by atoms with Gasteiger partial charge in [0.15, 0.2) is 11.6 Å². The Morgan fingerprint density at radius 1 is 1.26 bits per heavy atom. The summed E-state index contributed by atoms with van der Waals surface area (Å²) in [4.78, 5) is 20.3. The number of nitrogens with zero attached hydrogens (tertiary/aromatic N) is 2. The number of carbonyl (C=O) groups excluding carboxylic acids is 1. The maximum Gasteiger partial charge on any atom is 0.254 e. The van der Waals surface area contributed by atoms with Gasteiger partial charge in [0.1, 0.15) is 11.9 Å². The molecule has 0 aliphatic carbocycles. The number of fused-ring (bicyclic) bond motifs is 5. The number of amides is 1. The van der Waals surface area contributed by atoms with Crippen molar-refractivity contribution in [3.05, 3.63) is 70.1 Å². The number of rotatable bonds is 1. The van der Waals surface area contributed by atoms with E-state index in [1.54, 1.807) is 36.8 Å². The van der Waals surface area contributed by atoms with E-state index in [4.69, 9.17) is 22.1 Å². The molecule has 0 saturated carbocycles. The molecule has 0 spiro atoms. The summed E-state index contributed by atoms with van der Waals surface area (Å²) in [6.45, 7) is 2.06. The minimum Gasteiger partial charge on any atom is -0.482 e. The molecule has 31 heavy (non-hydrogen) atoms. The zero-order chi connectivity index (χ0) is 22.3. The van der Waals surface area contributed by atoms with Crippen LogP contribution < -0.4 is 10.5 Å². The average molecular weight is 458 g/mol. The fourth-order valence-corrected chi connectivity index (χ4v) is 4.48. The summed E-state index contributed by atoms with van der Waals surface area (Å²) in [6, 6.07) is 10.5. The number of nitrogen functional groups attached to an aromatic ring is 1. The van der Waals surface area contributed by atoms with Gasteiger partial charge in [-0.05, 0) is 54.6 Å². The van der Waals surface area contributed by atoms with Crippen molar-refractivity contribution in [3.63, 3.8) is 0 Å². The van der Waals surface area contributed by atoms with Crippen LogP contribution in [0.5, 0.6) is 5.75 Å². The van der Waals surface area contributed by atoms with Gasteiger partial charge in [0, 0.05) is 41.4 Å². The average Bonchev–Trinajstić information content (AvgIpc) is 2.76. The van der Waals surface area contributed by atoms with Crippen LogP contribution in [0.15, 0.2) is 47.5 Å². The maximum atomic E-state index is 14.3. The fraction of sp³-hybridized carbons (Fsp3) is 0.217. The molecule has 1 atom stereocenters. The van der Waals surface area contributed by atoms with Crippen LogP contribution in [0.25, 0.3) is 11.1 Å². The van der Waals surface area contributed by atoms with Crippen LogP contribution >= 0.6 is 23.4 Å². The van der Waals surface area contributed by atoms with E-state index in [-0.39, 0.29) is 27.9 Å². The van der Waals surface area contributed by atoms with Crippen LogP contribution in [0.1, 0.15) is 34.5 Å². The Kier molecular flexibility index (Phi) is 5.81. The van der Waals surface area contributed by atoms with Gasteiger partial charge in [0.05, 0.1) is 5.02 Å². The topological polar surface area (TPSA) is 68.5 Å². The second-order valence-electron chi connectivity index (χ2n) is 7.37. The lowest BCUT2D eigenvalue weighted by molar-refractivity contribution is 0.0780. The third-order valence-electron chi connectivity index (χ3n) is 5.34. The van der Waals surface area contributed by atoms with E-state index < -0.39 is 11.9 Å². The molecule has 1 aliphatic heterocycles. The van der Waals surface area contributed by atoms with Crippen molar-refractivity contribution >= 4 is 35.1 Å². The Morgan fingerprint density at radius 3 is 2.77 bits per heavy atom. The summed E-state index contributed by atoms with van der Waals surface area (Å²) in [5, 5.41) is -0.142. The monoisotopic (exact) mass is 457 g/mol. The molecule has 3 aromatic rings. The van der Waals surface area contributed by atoms with Crippen LogP contribution in [0.4, 0.5) is 10.2 Å². The van der Waals surface area contributed by atoms with Crippen LogP contribution in [0, 0.1) is 5.82 Å². The number of thioether (sulfide) groups is 1. The highest BCUT2D eigenvalue weighted by molar-refractivity contribution is 7.98. The number of anilines is 1. The first-order chi connectivity index (χ1) is 14.8. The van der Waals surface area contributed by atoms with Crippen LogP contribution in [-0.2, 0) is 6.54 Å². The molecule has 1 unspecified atom stereocenters. The number of ether oxygens (including phenoxy) is 1. The van der Waals surface area contributed by atoms with E-state index in [2.05, 4.69) is 11.1 Å². The van der Waals surface area contributed by atoms with Gasteiger partial charge in [-0.3, -0.25) is 4.79 Å². The molecule has 1 amide bonds. The lowest BCUT2D eigenvalue weighted by Crippen LogP contribution is -2.28. The molecule has 4 rings (SSSR count). The van der Waals surface area contributed by atoms with Crippen molar-refractivity contribution < 1.29 is 13.9 Å². The van der Waals surface area contributed by atoms with Crippen LogP contribution in [0.3, 0.4) is 0 Å². The van der Waals surface area contributed by atoms with E-state index >= 15 is 0 Å². The highest BCUT2D eigenvalue weighted by Gasteiger charge is 2.27. The highest BCUT2D eigenvalue weighted by Crippen LogP contribution is 2.38. The van der Waals surface area contributed by atoms with Gasteiger partial charge < -0.3 is 15.4 Å². The molecule has 8 heteroatoms. The Balaban J connectivity index is 1.96. The molecule has 0 radical (unpaired) electrons. The second kappa shape index (κ2) is 8.40. The number of nitrogens with two attached hydrogens (primary N) is 1. The van der Waals surface area contributed by atoms with Crippen molar-refractivity contribution in [3.8, 4) is 16.9 Å². The first-order valence-corrected chi connectivity index (χ1v) is 11.2. The summed E-state index contributed by atoms with van der Waals surface area (Å²) in [6.07, 6.45) is 2.96.